The third kappa shape index (κ3) is 3.93. The van der Waals surface area contributed by atoms with Crippen LogP contribution in [0, 0.1) is 5.41 Å². The summed E-state index contributed by atoms with van der Waals surface area (Å²) in [6, 6.07) is 3.89. The normalized spacial score (nSPS) is 20.6. The van der Waals surface area contributed by atoms with Gasteiger partial charge >= 0.3 is 0 Å². The number of nitrogens with zero attached hydrogens (tertiary/aromatic N) is 1. The Morgan fingerprint density at radius 3 is 2.65 bits per heavy atom. The van der Waals surface area contributed by atoms with E-state index in [-0.39, 0.29) is 0 Å². The van der Waals surface area contributed by atoms with Gasteiger partial charge in [-0.05, 0) is 37.2 Å². The van der Waals surface area contributed by atoms with E-state index in [2.05, 4.69) is 24.1 Å². The molecule has 1 aliphatic carbocycles. The molecule has 2 rings (SSSR count). The highest BCUT2D eigenvalue weighted by Crippen LogP contribution is 2.39. The highest BCUT2D eigenvalue weighted by atomic mass is 16.5. The second-order valence-electron chi connectivity index (χ2n) is 6.66. The molecule has 112 valence electrons. The van der Waals surface area contributed by atoms with Crippen LogP contribution in [0.2, 0.25) is 0 Å². The first-order valence-corrected chi connectivity index (χ1v) is 7.35. The number of hydrogen-bond donors (Lipinski definition) is 2. The number of aliphatic hydroxyl groups is 1. The Labute approximate surface area is 121 Å². The molecule has 20 heavy (non-hydrogen) atoms. The minimum Gasteiger partial charge on any atom is -0.481 e. The van der Waals surface area contributed by atoms with E-state index in [0.29, 0.717) is 24.4 Å². The first-order chi connectivity index (χ1) is 9.44. The van der Waals surface area contributed by atoms with Crippen molar-refractivity contribution in [1.82, 2.24) is 10.3 Å². The van der Waals surface area contributed by atoms with Gasteiger partial charge in [0, 0.05) is 24.8 Å². The van der Waals surface area contributed by atoms with Crippen LogP contribution >= 0.6 is 0 Å². The molecule has 2 N–H and O–H groups in total. The number of nitrogens with one attached hydrogen (secondary N) is 1. The predicted molar refractivity (Wildman–Crippen MR) is 79.7 cm³/mol. The summed E-state index contributed by atoms with van der Waals surface area (Å²) in [7, 11) is 1.63. The molecule has 4 heteroatoms. The predicted octanol–water partition coefficient (Wildman–Crippen LogP) is 2.51. The Morgan fingerprint density at radius 2 is 2.00 bits per heavy atom. The fraction of sp³-hybridized carbons (Fsp3) is 0.688. The van der Waals surface area contributed by atoms with E-state index in [4.69, 9.17) is 4.74 Å². The topological polar surface area (TPSA) is 54.4 Å². The Balaban J connectivity index is 1.84. The molecular formula is C16H26N2O2. The van der Waals surface area contributed by atoms with E-state index in [9.17, 15) is 5.11 Å². The van der Waals surface area contributed by atoms with Crippen molar-refractivity contribution in [2.75, 3.05) is 13.7 Å². The van der Waals surface area contributed by atoms with Gasteiger partial charge in [0.1, 0.15) is 0 Å². The largest absolute Gasteiger partial charge is 0.481 e. The molecule has 1 fully saturated rings. The van der Waals surface area contributed by atoms with Crippen LogP contribution in [0.4, 0.5) is 0 Å². The summed E-state index contributed by atoms with van der Waals surface area (Å²) in [5.41, 5.74) is 0.832. The number of ether oxygens (including phenoxy) is 1. The van der Waals surface area contributed by atoms with Crippen molar-refractivity contribution in [3.05, 3.63) is 23.9 Å². The summed E-state index contributed by atoms with van der Waals surface area (Å²) >= 11 is 0. The quantitative estimate of drug-likeness (QED) is 0.869. The maximum atomic E-state index is 10.6. The summed E-state index contributed by atoms with van der Waals surface area (Å²) in [4.78, 5) is 4.17. The highest BCUT2D eigenvalue weighted by molar-refractivity contribution is 5.25. The van der Waals surface area contributed by atoms with Gasteiger partial charge in [0.2, 0.25) is 5.88 Å². The molecule has 0 bridgehead atoms. The molecule has 0 aromatic carbocycles. The number of rotatable bonds is 5. The molecule has 0 spiro atoms. The minimum absolute atomic E-state index is 0.374. The number of methoxy groups -OCH3 is 1. The lowest BCUT2D eigenvalue weighted by molar-refractivity contribution is -0.0245. The first-order valence-electron chi connectivity index (χ1n) is 7.35. The zero-order valence-electron chi connectivity index (χ0n) is 12.8. The van der Waals surface area contributed by atoms with Crippen LogP contribution in [0.3, 0.4) is 0 Å². The van der Waals surface area contributed by atoms with Crippen LogP contribution in [0.25, 0.3) is 0 Å². The molecule has 1 aliphatic rings. The Bertz CT molecular complexity index is 436. The van der Waals surface area contributed by atoms with Crippen molar-refractivity contribution in [2.24, 2.45) is 5.41 Å². The zero-order valence-corrected chi connectivity index (χ0v) is 12.8. The van der Waals surface area contributed by atoms with Gasteiger partial charge in [0.25, 0.3) is 0 Å². The number of pyridine rings is 1. The molecule has 1 aromatic rings. The van der Waals surface area contributed by atoms with E-state index in [1.54, 1.807) is 13.3 Å². The lowest BCUT2D eigenvalue weighted by Crippen LogP contribution is -2.44. The van der Waals surface area contributed by atoms with Crippen LogP contribution in [-0.2, 0) is 6.54 Å². The van der Waals surface area contributed by atoms with Gasteiger partial charge in [-0.25, -0.2) is 4.98 Å². The van der Waals surface area contributed by atoms with Crippen molar-refractivity contribution in [1.29, 1.82) is 0 Å². The van der Waals surface area contributed by atoms with Gasteiger partial charge in [-0.1, -0.05) is 19.9 Å². The molecule has 0 radical (unpaired) electrons. The second kappa shape index (κ2) is 6.10. The molecule has 0 saturated heterocycles. The van der Waals surface area contributed by atoms with Crippen molar-refractivity contribution >= 4 is 0 Å². The van der Waals surface area contributed by atoms with E-state index in [1.807, 2.05) is 12.1 Å². The fourth-order valence-electron chi connectivity index (χ4n) is 2.74. The summed E-state index contributed by atoms with van der Waals surface area (Å²) in [6.45, 7) is 5.85. The van der Waals surface area contributed by atoms with Crippen molar-refractivity contribution in [3.8, 4) is 5.88 Å². The molecule has 0 atom stereocenters. The third-order valence-corrected chi connectivity index (χ3v) is 4.35. The Morgan fingerprint density at radius 1 is 1.30 bits per heavy atom. The average molecular weight is 278 g/mol. The van der Waals surface area contributed by atoms with E-state index >= 15 is 0 Å². The minimum atomic E-state index is -0.565. The second-order valence-corrected chi connectivity index (χ2v) is 6.66. The fourth-order valence-corrected chi connectivity index (χ4v) is 2.74. The van der Waals surface area contributed by atoms with Crippen LogP contribution < -0.4 is 10.1 Å². The number of hydrogen-bond acceptors (Lipinski definition) is 4. The monoisotopic (exact) mass is 278 g/mol. The highest BCUT2D eigenvalue weighted by Gasteiger charge is 2.36. The zero-order chi connectivity index (χ0) is 14.6. The molecule has 0 unspecified atom stereocenters. The SMILES string of the molecule is COc1ncccc1CNCC1(O)CCC(C)(C)CC1. The van der Waals surface area contributed by atoms with Crippen LogP contribution in [-0.4, -0.2) is 29.3 Å². The molecule has 0 amide bonds. The standard InChI is InChI=1S/C16H26N2O2/c1-15(2)6-8-16(19,9-7-15)12-17-11-13-5-4-10-18-14(13)20-3/h4-5,10,17,19H,6-9,11-12H2,1-3H3. The van der Waals surface area contributed by atoms with Crippen molar-refractivity contribution in [2.45, 2.75) is 51.7 Å². The van der Waals surface area contributed by atoms with E-state index in [1.165, 1.54) is 0 Å². The Kier molecular flexibility index (Phi) is 4.66. The molecule has 1 saturated carbocycles. The molecular weight excluding hydrogens is 252 g/mol. The average Bonchev–Trinajstić information content (AvgIpc) is 2.43. The molecule has 1 aromatic heterocycles. The Hall–Kier alpha value is -1.13. The van der Waals surface area contributed by atoms with E-state index in [0.717, 1.165) is 31.2 Å². The lowest BCUT2D eigenvalue weighted by atomic mass is 9.71. The van der Waals surface area contributed by atoms with Gasteiger partial charge in [-0.3, -0.25) is 0 Å². The van der Waals surface area contributed by atoms with Crippen molar-refractivity contribution in [3.63, 3.8) is 0 Å². The first kappa shape index (κ1) is 15.3. The third-order valence-electron chi connectivity index (χ3n) is 4.35. The maximum absolute atomic E-state index is 10.6. The number of aromatic nitrogens is 1. The van der Waals surface area contributed by atoms with Gasteiger partial charge in [-0.2, -0.15) is 0 Å². The smallest absolute Gasteiger partial charge is 0.217 e. The van der Waals surface area contributed by atoms with Crippen LogP contribution in [0.5, 0.6) is 5.88 Å². The van der Waals surface area contributed by atoms with Crippen LogP contribution in [0.15, 0.2) is 18.3 Å². The van der Waals surface area contributed by atoms with Gasteiger partial charge in [-0.15, -0.1) is 0 Å². The summed E-state index contributed by atoms with van der Waals surface area (Å²) < 4.78 is 5.23. The summed E-state index contributed by atoms with van der Waals surface area (Å²) in [6.07, 6.45) is 5.64. The lowest BCUT2D eigenvalue weighted by Gasteiger charge is -2.40. The summed E-state index contributed by atoms with van der Waals surface area (Å²) in [5, 5.41) is 13.9. The van der Waals surface area contributed by atoms with Gasteiger partial charge < -0.3 is 15.2 Å². The van der Waals surface area contributed by atoms with E-state index < -0.39 is 5.60 Å². The van der Waals surface area contributed by atoms with Gasteiger partial charge in [0.15, 0.2) is 0 Å². The molecule has 0 aliphatic heterocycles. The molecule has 1 heterocycles. The summed E-state index contributed by atoms with van der Waals surface area (Å²) in [5.74, 6) is 0.650. The maximum Gasteiger partial charge on any atom is 0.217 e. The molecule has 4 nitrogen and oxygen atoms in total. The van der Waals surface area contributed by atoms with Crippen LogP contribution in [0.1, 0.15) is 45.1 Å². The van der Waals surface area contributed by atoms with Crippen molar-refractivity contribution < 1.29 is 9.84 Å². The van der Waals surface area contributed by atoms with Gasteiger partial charge in [0.05, 0.1) is 12.7 Å².